The summed E-state index contributed by atoms with van der Waals surface area (Å²) in [4.78, 5) is 0. The van der Waals surface area contributed by atoms with Crippen LogP contribution in [-0.4, -0.2) is 21.2 Å². The molecule has 0 unspecified atom stereocenters. The minimum atomic E-state index is 0.200. The van der Waals surface area contributed by atoms with E-state index in [4.69, 9.17) is 0 Å². The van der Waals surface area contributed by atoms with E-state index in [0.29, 0.717) is 17.6 Å². The summed E-state index contributed by atoms with van der Waals surface area (Å²) in [6, 6.07) is 14.4. The third kappa shape index (κ3) is 3.16. The third-order valence-corrected chi connectivity index (χ3v) is 6.46. The summed E-state index contributed by atoms with van der Waals surface area (Å²) in [5, 5.41) is 20.5. The van der Waals surface area contributed by atoms with Gasteiger partial charge in [0.1, 0.15) is 0 Å². The molecule has 3 aromatic rings. The summed E-state index contributed by atoms with van der Waals surface area (Å²) < 4.78 is 2.96. The lowest BCUT2D eigenvalue weighted by molar-refractivity contribution is 0.406. The molecule has 4 rings (SSSR count). The van der Waals surface area contributed by atoms with Crippen molar-refractivity contribution in [3.05, 3.63) is 52.5 Å². The second-order valence-corrected chi connectivity index (χ2v) is 8.83. The highest BCUT2D eigenvalue weighted by Gasteiger charge is 2.27. The Bertz CT molecular complexity index is 975. The average molecular weight is 430 g/mol. The van der Waals surface area contributed by atoms with E-state index in [-0.39, 0.29) is 5.88 Å². The Kier molecular flexibility index (Phi) is 4.80. The van der Waals surface area contributed by atoms with Crippen LogP contribution in [0.15, 0.2) is 57.2 Å². The largest absolute Gasteiger partial charge is 0.493 e. The van der Waals surface area contributed by atoms with Gasteiger partial charge in [-0.25, -0.2) is 0 Å². The van der Waals surface area contributed by atoms with Crippen LogP contribution in [0.25, 0.3) is 10.9 Å². The lowest BCUT2D eigenvalue weighted by atomic mass is 10.0. The number of aromatic hydroxyl groups is 1. The second-order valence-electron chi connectivity index (χ2n) is 6.84. The van der Waals surface area contributed by atoms with Gasteiger partial charge < -0.3 is 9.67 Å². The van der Waals surface area contributed by atoms with Crippen molar-refractivity contribution in [1.82, 2.24) is 4.57 Å². The Morgan fingerprint density at radius 2 is 1.85 bits per heavy atom. The van der Waals surface area contributed by atoms with Gasteiger partial charge in [0.05, 0.1) is 17.2 Å². The quantitative estimate of drug-likeness (QED) is 0.456. The summed E-state index contributed by atoms with van der Waals surface area (Å²) in [6.45, 7) is 4.33. The normalized spacial score (nSPS) is 15.2. The smallest absolute Gasteiger partial charge is 0.221 e. The fraction of sp³-hybridized carbons (Fsp3) is 0.300. The molecule has 0 radical (unpaired) electrons. The van der Waals surface area contributed by atoms with E-state index in [1.54, 1.807) is 0 Å². The molecule has 0 aliphatic carbocycles. The molecule has 26 heavy (non-hydrogen) atoms. The van der Waals surface area contributed by atoms with E-state index in [9.17, 15) is 5.11 Å². The summed E-state index contributed by atoms with van der Waals surface area (Å²) >= 11 is 5.41. The minimum Gasteiger partial charge on any atom is -0.493 e. The van der Waals surface area contributed by atoms with Gasteiger partial charge in [0.2, 0.25) is 5.88 Å². The van der Waals surface area contributed by atoms with Crippen molar-refractivity contribution < 1.29 is 5.11 Å². The van der Waals surface area contributed by atoms with E-state index >= 15 is 0 Å². The zero-order valence-electron chi connectivity index (χ0n) is 14.7. The van der Waals surface area contributed by atoms with Crippen molar-refractivity contribution in [1.29, 1.82) is 0 Å². The number of rotatable bonds is 4. The molecular weight excluding hydrogens is 410 g/mol. The Morgan fingerprint density at radius 1 is 1.12 bits per heavy atom. The summed E-state index contributed by atoms with van der Waals surface area (Å²) in [5.41, 5.74) is 3.59. The zero-order chi connectivity index (χ0) is 18.3. The molecule has 1 aliphatic rings. The predicted molar refractivity (Wildman–Crippen MR) is 112 cm³/mol. The fourth-order valence-corrected chi connectivity index (χ4v) is 4.24. The van der Waals surface area contributed by atoms with Crippen molar-refractivity contribution in [3.63, 3.8) is 0 Å². The molecule has 6 heteroatoms. The Morgan fingerprint density at radius 3 is 2.46 bits per heavy atom. The van der Waals surface area contributed by atoms with E-state index in [1.807, 2.05) is 46.7 Å². The van der Waals surface area contributed by atoms with Crippen LogP contribution < -0.4 is 0 Å². The van der Waals surface area contributed by atoms with Crippen molar-refractivity contribution in [3.8, 4) is 5.88 Å². The maximum Gasteiger partial charge on any atom is 0.221 e. The van der Waals surface area contributed by atoms with Crippen LogP contribution in [0.1, 0.15) is 31.4 Å². The molecule has 1 fully saturated rings. The monoisotopic (exact) mass is 429 g/mol. The zero-order valence-corrected chi connectivity index (χ0v) is 17.1. The molecule has 0 bridgehead atoms. The molecule has 1 aromatic heterocycles. The number of hydrogen-bond donors (Lipinski definition) is 1. The van der Waals surface area contributed by atoms with Gasteiger partial charge in [0.25, 0.3) is 0 Å². The van der Waals surface area contributed by atoms with Gasteiger partial charge in [-0.05, 0) is 41.8 Å². The second kappa shape index (κ2) is 7.08. The molecule has 1 saturated heterocycles. The maximum absolute atomic E-state index is 10.8. The van der Waals surface area contributed by atoms with Crippen LogP contribution in [-0.2, 0) is 0 Å². The number of hydrogen-bond acceptors (Lipinski definition) is 4. The van der Waals surface area contributed by atoms with Crippen LogP contribution >= 0.6 is 27.7 Å². The SMILES string of the molecule is CC(C)c1ccc(N=Nc2c(O)n(C3CSC3)c3ccc(Br)cc23)cc1. The number of benzene rings is 2. The number of nitrogens with zero attached hydrogens (tertiary/aromatic N) is 3. The first-order chi connectivity index (χ1) is 12.5. The topological polar surface area (TPSA) is 49.9 Å². The Hall–Kier alpha value is -1.79. The molecular formula is C20H20BrN3OS. The van der Waals surface area contributed by atoms with E-state index in [1.165, 1.54) is 5.56 Å². The molecule has 2 heterocycles. The van der Waals surface area contributed by atoms with E-state index in [0.717, 1.165) is 32.6 Å². The Balaban J connectivity index is 1.75. The molecule has 0 spiro atoms. The van der Waals surface area contributed by atoms with Crippen molar-refractivity contribution >= 4 is 50.0 Å². The summed E-state index contributed by atoms with van der Waals surface area (Å²) in [7, 11) is 0. The molecule has 4 nitrogen and oxygen atoms in total. The minimum absolute atomic E-state index is 0.200. The molecule has 0 saturated carbocycles. The lowest BCUT2D eigenvalue weighted by Gasteiger charge is -2.27. The number of halogens is 1. The lowest BCUT2D eigenvalue weighted by Crippen LogP contribution is -2.22. The number of thioether (sulfide) groups is 1. The molecule has 0 atom stereocenters. The first kappa shape index (κ1) is 17.6. The van der Waals surface area contributed by atoms with Gasteiger partial charge >= 0.3 is 0 Å². The maximum atomic E-state index is 10.8. The molecule has 2 aromatic carbocycles. The molecule has 1 aliphatic heterocycles. The summed E-state index contributed by atoms with van der Waals surface area (Å²) in [5.74, 6) is 2.72. The van der Waals surface area contributed by atoms with Gasteiger partial charge in [0.15, 0.2) is 5.69 Å². The number of azo groups is 1. The summed E-state index contributed by atoms with van der Waals surface area (Å²) in [6.07, 6.45) is 0. The van der Waals surface area contributed by atoms with Gasteiger partial charge in [-0.2, -0.15) is 16.9 Å². The van der Waals surface area contributed by atoms with Crippen molar-refractivity contribution in [2.75, 3.05) is 11.5 Å². The fourth-order valence-electron chi connectivity index (χ4n) is 3.13. The van der Waals surface area contributed by atoms with Gasteiger partial charge in [-0.15, -0.1) is 5.11 Å². The number of fused-ring (bicyclic) bond motifs is 1. The third-order valence-electron chi connectivity index (χ3n) is 4.72. The van der Waals surface area contributed by atoms with E-state index < -0.39 is 0 Å². The highest BCUT2D eigenvalue weighted by Crippen LogP contribution is 2.45. The van der Waals surface area contributed by atoms with Gasteiger partial charge in [-0.1, -0.05) is 41.9 Å². The first-order valence-corrected chi connectivity index (χ1v) is 10.6. The van der Waals surface area contributed by atoms with E-state index in [2.05, 4.69) is 52.1 Å². The first-order valence-electron chi connectivity index (χ1n) is 8.66. The van der Waals surface area contributed by atoms with Crippen molar-refractivity contribution in [2.24, 2.45) is 10.2 Å². The highest BCUT2D eigenvalue weighted by molar-refractivity contribution is 9.10. The predicted octanol–water partition coefficient (Wildman–Crippen LogP) is 6.94. The standard InChI is InChI=1S/C20H20BrN3OS/c1-12(2)13-3-6-15(7-4-13)22-23-19-17-9-14(21)5-8-18(17)24(20(19)25)16-10-26-11-16/h3-9,12,16,25H,10-11H2,1-2H3. The molecule has 134 valence electrons. The number of aromatic nitrogens is 1. The van der Waals surface area contributed by atoms with Crippen LogP contribution in [0.4, 0.5) is 11.4 Å². The van der Waals surface area contributed by atoms with Gasteiger partial charge in [0, 0.05) is 21.4 Å². The highest BCUT2D eigenvalue weighted by atomic mass is 79.9. The van der Waals surface area contributed by atoms with Crippen LogP contribution in [0.3, 0.4) is 0 Å². The molecule has 1 N–H and O–H groups in total. The van der Waals surface area contributed by atoms with Crippen LogP contribution in [0.2, 0.25) is 0 Å². The van der Waals surface area contributed by atoms with Crippen LogP contribution in [0.5, 0.6) is 5.88 Å². The van der Waals surface area contributed by atoms with Crippen LogP contribution in [0, 0.1) is 0 Å². The molecule has 0 amide bonds. The van der Waals surface area contributed by atoms with Crippen molar-refractivity contribution in [2.45, 2.75) is 25.8 Å². The van der Waals surface area contributed by atoms with Gasteiger partial charge in [-0.3, -0.25) is 0 Å². The average Bonchev–Trinajstić information content (AvgIpc) is 2.84. The Labute approximate surface area is 165 Å².